The molecule has 0 fully saturated rings. The van der Waals surface area contributed by atoms with Crippen LogP contribution in [0.1, 0.15) is 17.3 Å². The minimum Gasteiger partial charge on any atom is -0.368 e. The normalized spacial score (nSPS) is 10.9. The van der Waals surface area contributed by atoms with Crippen molar-refractivity contribution in [1.29, 1.82) is 0 Å². The Morgan fingerprint density at radius 2 is 1.89 bits per heavy atom. The molecule has 0 radical (unpaired) electrons. The average molecular weight is 270 g/mol. The molecule has 0 spiro atoms. The van der Waals surface area contributed by atoms with Crippen molar-refractivity contribution in [3.05, 3.63) is 29.8 Å². The number of primary amides is 1. The summed E-state index contributed by atoms with van der Waals surface area (Å²) in [5, 5.41) is 2.26. The summed E-state index contributed by atoms with van der Waals surface area (Å²) >= 11 is 0. The van der Waals surface area contributed by atoms with Crippen LogP contribution >= 0.6 is 0 Å². The number of sulfone groups is 1. The third-order valence-electron chi connectivity index (χ3n) is 2.27. The van der Waals surface area contributed by atoms with Gasteiger partial charge in [-0.3, -0.25) is 9.59 Å². The van der Waals surface area contributed by atoms with Crippen molar-refractivity contribution in [1.82, 2.24) is 5.32 Å². The molecule has 0 atom stereocenters. The molecule has 1 rings (SSSR count). The van der Waals surface area contributed by atoms with Gasteiger partial charge < -0.3 is 11.1 Å². The summed E-state index contributed by atoms with van der Waals surface area (Å²) in [5.41, 5.74) is 4.91. The summed E-state index contributed by atoms with van der Waals surface area (Å²) in [5.74, 6) is -1.44. The van der Waals surface area contributed by atoms with Crippen molar-refractivity contribution in [2.45, 2.75) is 11.8 Å². The van der Waals surface area contributed by atoms with E-state index in [4.69, 9.17) is 5.73 Å². The second-order valence-electron chi connectivity index (χ2n) is 3.55. The quantitative estimate of drug-likeness (QED) is 0.765. The van der Waals surface area contributed by atoms with E-state index in [2.05, 4.69) is 5.32 Å². The lowest BCUT2D eigenvalue weighted by Gasteiger charge is -2.08. The Morgan fingerprint density at radius 1 is 1.28 bits per heavy atom. The largest absolute Gasteiger partial charge is 0.368 e. The van der Waals surface area contributed by atoms with Gasteiger partial charge in [0, 0.05) is 0 Å². The van der Waals surface area contributed by atoms with Gasteiger partial charge in [-0.25, -0.2) is 8.42 Å². The summed E-state index contributed by atoms with van der Waals surface area (Å²) < 4.78 is 23.6. The SMILES string of the molecule is CCS(=O)(=O)c1ccccc1C(=O)NCC(N)=O. The Morgan fingerprint density at radius 3 is 2.44 bits per heavy atom. The van der Waals surface area contributed by atoms with Gasteiger partial charge in [0.1, 0.15) is 0 Å². The molecule has 1 aromatic carbocycles. The Labute approximate surface area is 105 Å². The molecular weight excluding hydrogens is 256 g/mol. The maximum Gasteiger partial charge on any atom is 0.253 e. The monoisotopic (exact) mass is 270 g/mol. The van der Waals surface area contributed by atoms with Crippen LogP contribution in [0.4, 0.5) is 0 Å². The molecule has 0 saturated heterocycles. The van der Waals surface area contributed by atoms with Crippen LogP contribution in [0.15, 0.2) is 29.2 Å². The van der Waals surface area contributed by atoms with E-state index in [1.807, 2.05) is 0 Å². The third kappa shape index (κ3) is 3.30. The van der Waals surface area contributed by atoms with Crippen LogP contribution in [0, 0.1) is 0 Å². The van der Waals surface area contributed by atoms with E-state index in [1.165, 1.54) is 25.1 Å². The van der Waals surface area contributed by atoms with Gasteiger partial charge in [0.25, 0.3) is 5.91 Å². The van der Waals surface area contributed by atoms with Gasteiger partial charge in [0.2, 0.25) is 5.91 Å². The Bertz CT molecular complexity index is 566. The molecular formula is C11H14N2O4S. The molecule has 98 valence electrons. The summed E-state index contributed by atoms with van der Waals surface area (Å²) in [6.45, 7) is 1.16. The topological polar surface area (TPSA) is 106 Å². The fraction of sp³-hybridized carbons (Fsp3) is 0.273. The van der Waals surface area contributed by atoms with Crippen LogP contribution in [-0.2, 0) is 14.6 Å². The Kier molecular flexibility index (Phi) is 4.43. The van der Waals surface area contributed by atoms with E-state index in [-0.39, 0.29) is 22.8 Å². The van der Waals surface area contributed by atoms with Crippen molar-refractivity contribution in [2.75, 3.05) is 12.3 Å². The van der Waals surface area contributed by atoms with Crippen molar-refractivity contribution in [3.63, 3.8) is 0 Å². The molecule has 3 N–H and O–H groups in total. The highest BCUT2D eigenvalue weighted by atomic mass is 32.2. The zero-order valence-electron chi connectivity index (χ0n) is 9.84. The first-order chi connectivity index (χ1) is 8.38. The molecule has 0 heterocycles. The Hall–Kier alpha value is -1.89. The number of hydrogen-bond acceptors (Lipinski definition) is 4. The van der Waals surface area contributed by atoms with Crippen molar-refractivity contribution in [3.8, 4) is 0 Å². The van der Waals surface area contributed by atoms with E-state index in [0.717, 1.165) is 0 Å². The highest BCUT2D eigenvalue weighted by Gasteiger charge is 2.20. The number of nitrogens with one attached hydrogen (secondary N) is 1. The molecule has 0 saturated carbocycles. The lowest BCUT2D eigenvalue weighted by atomic mass is 10.2. The van der Waals surface area contributed by atoms with Crippen LogP contribution in [0.3, 0.4) is 0 Å². The first-order valence-corrected chi connectivity index (χ1v) is 6.92. The van der Waals surface area contributed by atoms with Gasteiger partial charge in [-0.05, 0) is 12.1 Å². The van der Waals surface area contributed by atoms with E-state index in [9.17, 15) is 18.0 Å². The molecule has 0 unspecified atom stereocenters. The molecule has 18 heavy (non-hydrogen) atoms. The second-order valence-corrected chi connectivity index (χ2v) is 5.80. The predicted molar refractivity (Wildman–Crippen MR) is 65.7 cm³/mol. The second kappa shape index (κ2) is 5.63. The van der Waals surface area contributed by atoms with Crippen LogP contribution < -0.4 is 11.1 Å². The molecule has 6 nitrogen and oxygen atoms in total. The molecule has 2 amide bonds. The zero-order chi connectivity index (χ0) is 13.8. The predicted octanol–water partition coefficient (Wildman–Crippen LogP) is -0.305. The molecule has 0 aliphatic rings. The molecule has 7 heteroatoms. The molecule has 0 bridgehead atoms. The van der Waals surface area contributed by atoms with Gasteiger partial charge in [0.05, 0.1) is 22.8 Å². The van der Waals surface area contributed by atoms with Gasteiger partial charge in [0.15, 0.2) is 9.84 Å². The van der Waals surface area contributed by atoms with Crippen LogP contribution in [0.5, 0.6) is 0 Å². The number of benzene rings is 1. The number of carbonyl (C=O) groups excluding carboxylic acids is 2. The van der Waals surface area contributed by atoms with Gasteiger partial charge in [-0.15, -0.1) is 0 Å². The van der Waals surface area contributed by atoms with Crippen molar-refractivity contribution in [2.24, 2.45) is 5.73 Å². The van der Waals surface area contributed by atoms with Gasteiger partial charge >= 0.3 is 0 Å². The lowest BCUT2D eigenvalue weighted by molar-refractivity contribution is -0.117. The van der Waals surface area contributed by atoms with Crippen molar-refractivity contribution >= 4 is 21.7 Å². The molecule has 0 aliphatic heterocycles. The maximum absolute atomic E-state index is 11.8. The zero-order valence-corrected chi connectivity index (χ0v) is 10.7. The maximum atomic E-state index is 11.8. The first-order valence-electron chi connectivity index (χ1n) is 5.26. The van der Waals surface area contributed by atoms with E-state index in [0.29, 0.717) is 0 Å². The lowest BCUT2D eigenvalue weighted by Crippen LogP contribution is -2.34. The fourth-order valence-electron chi connectivity index (χ4n) is 1.34. The minimum absolute atomic E-state index is 0.0144. The van der Waals surface area contributed by atoms with Crippen LogP contribution in [-0.4, -0.2) is 32.5 Å². The number of carbonyl (C=O) groups is 2. The van der Waals surface area contributed by atoms with Gasteiger partial charge in [-0.2, -0.15) is 0 Å². The van der Waals surface area contributed by atoms with Gasteiger partial charge in [-0.1, -0.05) is 19.1 Å². The summed E-state index contributed by atoms with van der Waals surface area (Å²) in [7, 11) is -3.49. The molecule has 1 aromatic rings. The number of nitrogens with two attached hydrogens (primary N) is 1. The van der Waals surface area contributed by atoms with E-state index < -0.39 is 21.7 Å². The number of hydrogen-bond donors (Lipinski definition) is 2. The molecule has 0 aliphatic carbocycles. The van der Waals surface area contributed by atoms with E-state index in [1.54, 1.807) is 6.07 Å². The standard InChI is InChI=1S/C11H14N2O4S/c1-2-18(16,17)9-6-4-3-5-8(9)11(15)13-7-10(12)14/h3-6H,2,7H2,1H3,(H2,12,14)(H,13,15). The first kappa shape index (κ1) is 14.2. The minimum atomic E-state index is -3.49. The summed E-state index contributed by atoms with van der Waals surface area (Å²) in [4.78, 5) is 22.3. The van der Waals surface area contributed by atoms with Crippen molar-refractivity contribution < 1.29 is 18.0 Å². The highest BCUT2D eigenvalue weighted by molar-refractivity contribution is 7.91. The van der Waals surface area contributed by atoms with Crippen LogP contribution in [0.2, 0.25) is 0 Å². The fourth-order valence-corrected chi connectivity index (χ4v) is 2.44. The highest BCUT2D eigenvalue weighted by Crippen LogP contribution is 2.16. The smallest absolute Gasteiger partial charge is 0.253 e. The van der Waals surface area contributed by atoms with Crippen LogP contribution in [0.25, 0.3) is 0 Å². The van der Waals surface area contributed by atoms with E-state index >= 15 is 0 Å². The molecule has 0 aromatic heterocycles. The summed E-state index contributed by atoms with van der Waals surface area (Å²) in [6, 6.07) is 5.83. The number of rotatable bonds is 5. The Balaban J connectivity index is 3.10. The summed E-state index contributed by atoms with van der Waals surface area (Å²) in [6.07, 6.45) is 0. The average Bonchev–Trinajstić information content (AvgIpc) is 2.36. The third-order valence-corrected chi connectivity index (χ3v) is 4.06. The number of amides is 2.